The molecular formula is C6H5N3O. The summed E-state index contributed by atoms with van der Waals surface area (Å²) in [5, 5.41) is 11.2. The summed E-state index contributed by atoms with van der Waals surface area (Å²) >= 11 is 0. The Labute approximate surface area is 56.2 Å². The molecule has 0 aliphatic heterocycles. The van der Waals surface area contributed by atoms with Crippen LogP contribution in [0.4, 0.5) is 0 Å². The van der Waals surface area contributed by atoms with Gasteiger partial charge < -0.3 is 0 Å². The van der Waals surface area contributed by atoms with E-state index in [0.717, 1.165) is 5.52 Å². The lowest BCUT2D eigenvalue weighted by atomic mass is 10.5. The predicted octanol–water partition coefficient (Wildman–Crippen LogP) is 0.407. The molecule has 0 bridgehead atoms. The summed E-state index contributed by atoms with van der Waals surface area (Å²) in [6, 6.07) is 3.60. The summed E-state index contributed by atoms with van der Waals surface area (Å²) in [7, 11) is 0. The summed E-state index contributed by atoms with van der Waals surface area (Å²) < 4.78 is 6.23. The zero-order chi connectivity index (χ0) is 6.97. The molecule has 0 fully saturated rings. The SMILES string of the molecule is N=c1cnon2cccc12. The monoisotopic (exact) mass is 135 g/mol. The second kappa shape index (κ2) is 1.70. The highest BCUT2D eigenvalue weighted by Crippen LogP contribution is 1.93. The Kier molecular flexibility index (Phi) is 0.887. The second-order valence-electron chi connectivity index (χ2n) is 1.95. The average molecular weight is 135 g/mol. The van der Waals surface area contributed by atoms with E-state index in [1.165, 1.54) is 10.8 Å². The maximum absolute atomic E-state index is 7.34. The first-order valence-corrected chi connectivity index (χ1v) is 2.85. The smallest absolute Gasteiger partial charge is 0.109 e. The molecule has 10 heavy (non-hydrogen) atoms. The van der Waals surface area contributed by atoms with E-state index in [-0.39, 0.29) is 0 Å². The van der Waals surface area contributed by atoms with Crippen LogP contribution in [-0.2, 0) is 0 Å². The molecule has 2 rings (SSSR count). The second-order valence-corrected chi connectivity index (χ2v) is 1.95. The van der Waals surface area contributed by atoms with Crippen LogP contribution in [0.1, 0.15) is 0 Å². The molecule has 2 heterocycles. The molecule has 2 aromatic rings. The maximum Gasteiger partial charge on any atom is 0.109 e. The highest BCUT2D eigenvalue weighted by Gasteiger charge is 1.92. The fourth-order valence-corrected chi connectivity index (χ4v) is 0.839. The van der Waals surface area contributed by atoms with Gasteiger partial charge in [-0.05, 0) is 12.1 Å². The first-order chi connectivity index (χ1) is 4.88. The summed E-state index contributed by atoms with van der Waals surface area (Å²) in [5.41, 5.74) is 0.731. The van der Waals surface area contributed by atoms with Crippen LogP contribution in [0, 0.1) is 5.41 Å². The standard InChI is InChI=1S/C6H5N3O/c7-5-4-8-10-9-3-1-2-6(5)9/h1-4,7H. The topological polar surface area (TPSA) is 54.3 Å². The van der Waals surface area contributed by atoms with E-state index < -0.39 is 0 Å². The maximum atomic E-state index is 7.34. The summed E-state index contributed by atoms with van der Waals surface area (Å²) in [5.74, 6) is 0. The third-order valence-corrected chi connectivity index (χ3v) is 1.31. The highest BCUT2D eigenvalue weighted by atomic mass is 16.6. The lowest BCUT2D eigenvalue weighted by molar-refractivity contribution is 0.251. The molecule has 0 unspecified atom stereocenters. The molecule has 0 aromatic carbocycles. The number of fused-ring (bicyclic) bond motifs is 1. The molecule has 4 nitrogen and oxygen atoms in total. The van der Waals surface area contributed by atoms with Gasteiger partial charge in [-0.15, -0.1) is 0 Å². The first-order valence-electron chi connectivity index (χ1n) is 2.85. The van der Waals surface area contributed by atoms with Crippen molar-refractivity contribution in [2.75, 3.05) is 0 Å². The molecule has 1 N–H and O–H groups in total. The van der Waals surface area contributed by atoms with Crippen molar-refractivity contribution in [2.45, 2.75) is 0 Å². The van der Waals surface area contributed by atoms with Crippen molar-refractivity contribution in [1.82, 2.24) is 9.73 Å². The minimum absolute atomic E-state index is 0.372. The Bertz CT molecular complexity index is 400. The molecule has 0 amide bonds. The van der Waals surface area contributed by atoms with Crippen LogP contribution in [0.5, 0.6) is 0 Å². The Morgan fingerprint density at radius 1 is 1.60 bits per heavy atom. The van der Waals surface area contributed by atoms with E-state index in [1.54, 1.807) is 18.3 Å². The van der Waals surface area contributed by atoms with Crippen molar-refractivity contribution >= 4 is 5.52 Å². The Morgan fingerprint density at radius 3 is 3.30 bits per heavy atom. The van der Waals surface area contributed by atoms with E-state index in [4.69, 9.17) is 10.0 Å². The molecule has 0 spiro atoms. The van der Waals surface area contributed by atoms with Gasteiger partial charge in [-0.1, -0.05) is 5.16 Å². The molecule has 50 valence electrons. The van der Waals surface area contributed by atoms with E-state index in [1.807, 2.05) is 0 Å². The molecule has 0 aliphatic rings. The zero-order valence-electron chi connectivity index (χ0n) is 5.11. The van der Waals surface area contributed by atoms with E-state index in [2.05, 4.69) is 5.16 Å². The van der Waals surface area contributed by atoms with Gasteiger partial charge in [-0.3, -0.25) is 10.0 Å². The number of rotatable bonds is 0. The predicted molar refractivity (Wildman–Crippen MR) is 33.3 cm³/mol. The van der Waals surface area contributed by atoms with Crippen molar-refractivity contribution in [3.63, 3.8) is 0 Å². The molecular weight excluding hydrogens is 130 g/mol. The van der Waals surface area contributed by atoms with Crippen LogP contribution in [-0.4, -0.2) is 9.73 Å². The van der Waals surface area contributed by atoms with Crippen LogP contribution >= 0.6 is 0 Å². The van der Waals surface area contributed by atoms with Crippen molar-refractivity contribution in [3.8, 4) is 0 Å². The Morgan fingerprint density at radius 2 is 2.50 bits per heavy atom. The minimum Gasteiger partial charge on any atom is -0.297 e. The number of hydrogen-bond donors (Lipinski definition) is 1. The molecule has 4 heteroatoms. The van der Waals surface area contributed by atoms with Crippen LogP contribution in [0.3, 0.4) is 0 Å². The van der Waals surface area contributed by atoms with Crippen LogP contribution in [0.25, 0.3) is 5.52 Å². The Hall–Kier alpha value is -1.58. The summed E-state index contributed by atoms with van der Waals surface area (Å²) in [4.78, 5) is 0. The van der Waals surface area contributed by atoms with Gasteiger partial charge in [-0.25, -0.2) is 0 Å². The Balaban J connectivity index is 3.09. The lowest BCUT2D eigenvalue weighted by Gasteiger charge is -1.87. The summed E-state index contributed by atoms with van der Waals surface area (Å²) in [6.07, 6.45) is 3.08. The fraction of sp³-hybridized carbons (Fsp3) is 0. The first kappa shape index (κ1) is 5.22. The molecule has 0 radical (unpaired) electrons. The van der Waals surface area contributed by atoms with E-state index >= 15 is 0 Å². The van der Waals surface area contributed by atoms with Gasteiger partial charge >= 0.3 is 0 Å². The van der Waals surface area contributed by atoms with Gasteiger partial charge in [0, 0.05) is 6.20 Å². The third-order valence-electron chi connectivity index (χ3n) is 1.31. The van der Waals surface area contributed by atoms with Gasteiger partial charge in [0.2, 0.25) is 0 Å². The third kappa shape index (κ3) is 0.556. The average Bonchev–Trinajstić information content (AvgIpc) is 2.36. The van der Waals surface area contributed by atoms with Crippen molar-refractivity contribution < 1.29 is 4.63 Å². The van der Waals surface area contributed by atoms with Gasteiger partial charge in [0.1, 0.15) is 10.9 Å². The van der Waals surface area contributed by atoms with Crippen LogP contribution < -0.4 is 5.36 Å². The minimum atomic E-state index is 0.372. The van der Waals surface area contributed by atoms with Gasteiger partial charge in [-0.2, -0.15) is 4.57 Å². The molecule has 0 saturated carbocycles. The van der Waals surface area contributed by atoms with E-state index in [0.29, 0.717) is 5.36 Å². The fourth-order valence-electron chi connectivity index (χ4n) is 0.839. The number of hydrogen-bond acceptors (Lipinski definition) is 3. The van der Waals surface area contributed by atoms with Gasteiger partial charge in [0.25, 0.3) is 0 Å². The number of aromatic nitrogens is 2. The van der Waals surface area contributed by atoms with Gasteiger partial charge in [0.15, 0.2) is 0 Å². The molecule has 0 saturated heterocycles. The van der Waals surface area contributed by atoms with Crippen LogP contribution in [0.2, 0.25) is 0 Å². The normalized spacial score (nSPS) is 10.4. The largest absolute Gasteiger partial charge is 0.297 e. The molecule has 2 aromatic heterocycles. The van der Waals surface area contributed by atoms with Crippen LogP contribution in [0.15, 0.2) is 29.2 Å². The molecule has 0 aliphatic carbocycles. The number of nitrogens with one attached hydrogen (secondary N) is 1. The van der Waals surface area contributed by atoms with E-state index in [9.17, 15) is 0 Å². The zero-order valence-corrected chi connectivity index (χ0v) is 5.11. The lowest BCUT2D eigenvalue weighted by Crippen LogP contribution is -2.03. The van der Waals surface area contributed by atoms with Gasteiger partial charge in [0.05, 0.1) is 6.20 Å². The molecule has 0 atom stereocenters. The summed E-state index contributed by atoms with van der Waals surface area (Å²) in [6.45, 7) is 0. The quantitative estimate of drug-likeness (QED) is 0.568. The van der Waals surface area contributed by atoms with Crippen molar-refractivity contribution in [3.05, 3.63) is 29.9 Å². The van der Waals surface area contributed by atoms with Crippen molar-refractivity contribution in [1.29, 1.82) is 5.41 Å². The number of nitrogens with zero attached hydrogens (tertiary/aromatic N) is 2. The highest BCUT2D eigenvalue weighted by molar-refractivity contribution is 5.42. The van der Waals surface area contributed by atoms with Crippen molar-refractivity contribution in [2.24, 2.45) is 0 Å².